The smallest absolute Gasteiger partial charge is 0.161 e. The number of nitrogen functional groups attached to an aromatic ring is 1. The number of rotatable bonds is 3. The second kappa shape index (κ2) is 5.61. The third kappa shape index (κ3) is 2.66. The molecule has 0 radical (unpaired) electrons. The van der Waals surface area contributed by atoms with E-state index in [4.69, 9.17) is 18.0 Å². The molecule has 3 rings (SSSR count). The predicted molar refractivity (Wildman–Crippen MR) is 88.5 cm³/mol. The van der Waals surface area contributed by atoms with Crippen LogP contribution in [0.25, 0.3) is 11.3 Å². The first-order valence-corrected chi connectivity index (χ1v) is 7.61. The number of nitrogens with two attached hydrogens (primary N) is 1. The minimum atomic E-state index is 0.771. The lowest BCUT2D eigenvalue weighted by Gasteiger charge is -2.09. The highest BCUT2D eigenvalue weighted by atomic mass is 32.1. The highest BCUT2D eigenvalue weighted by Crippen LogP contribution is 2.25. The number of thiazole rings is 1. The summed E-state index contributed by atoms with van der Waals surface area (Å²) in [4.78, 5) is 0. The van der Waals surface area contributed by atoms with Gasteiger partial charge in [-0.1, -0.05) is 42.5 Å². The van der Waals surface area contributed by atoms with Gasteiger partial charge in [0.1, 0.15) is 0 Å². The van der Waals surface area contributed by atoms with Gasteiger partial charge in [0, 0.05) is 17.6 Å². The molecule has 0 aliphatic rings. The van der Waals surface area contributed by atoms with E-state index in [-0.39, 0.29) is 0 Å². The Bertz CT molecular complexity index is 755. The SMILES string of the molecule is Nc1ccc(Cn2c(-c3ccccc3)csc2=S)cc1. The molecule has 2 nitrogen and oxygen atoms in total. The second-order valence-corrected chi connectivity index (χ2v) is 6.08. The van der Waals surface area contributed by atoms with Crippen LogP contribution in [0.2, 0.25) is 0 Å². The fourth-order valence-electron chi connectivity index (χ4n) is 2.12. The molecule has 0 amide bonds. The van der Waals surface area contributed by atoms with Crippen molar-refractivity contribution in [3.8, 4) is 11.3 Å². The second-order valence-electron chi connectivity index (χ2n) is 4.58. The zero-order chi connectivity index (χ0) is 13.9. The van der Waals surface area contributed by atoms with Crippen molar-refractivity contribution in [1.29, 1.82) is 0 Å². The van der Waals surface area contributed by atoms with Gasteiger partial charge < -0.3 is 10.3 Å². The average molecular weight is 298 g/mol. The van der Waals surface area contributed by atoms with Gasteiger partial charge >= 0.3 is 0 Å². The van der Waals surface area contributed by atoms with E-state index in [1.807, 2.05) is 42.5 Å². The highest BCUT2D eigenvalue weighted by molar-refractivity contribution is 7.73. The molecule has 0 bridgehead atoms. The molecule has 2 N–H and O–H groups in total. The third-order valence-electron chi connectivity index (χ3n) is 3.17. The van der Waals surface area contributed by atoms with Crippen LogP contribution >= 0.6 is 23.6 Å². The summed E-state index contributed by atoms with van der Waals surface area (Å²) in [5.41, 5.74) is 10.1. The lowest BCUT2D eigenvalue weighted by molar-refractivity contribution is 0.809. The largest absolute Gasteiger partial charge is 0.399 e. The van der Waals surface area contributed by atoms with Crippen molar-refractivity contribution in [2.75, 3.05) is 5.73 Å². The van der Waals surface area contributed by atoms with Crippen LogP contribution in [0.4, 0.5) is 5.69 Å². The van der Waals surface area contributed by atoms with Crippen LogP contribution in [0.5, 0.6) is 0 Å². The zero-order valence-electron chi connectivity index (χ0n) is 10.8. The number of hydrogen-bond donors (Lipinski definition) is 1. The Balaban J connectivity index is 2.00. The molecule has 3 aromatic rings. The molecule has 1 aromatic heterocycles. The topological polar surface area (TPSA) is 30.9 Å². The molecule has 20 heavy (non-hydrogen) atoms. The molecular formula is C16H14N2S2. The van der Waals surface area contributed by atoms with Gasteiger partial charge in [0.05, 0.1) is 5.69 Å². The van der Waals surface area contributed by atoms with Gasteiger partial charge in [-0.15, -0.1) is 11.3 Å². The van der Waals surface area contributed by atoms with Gasteiger partial charge in [-0.05, 0) is 35.5 Å². The minimum absolute atomic E-state index is 0.771. The Morgan fingerprint density at radius 2 is 1.70 bits per heavy atom. The van der Waals surface area contributed by atoms with E-state index in [2.05, 4.69) is 22.1 Å². The molecule has 4 heteroatoms. The molecule has 2 aromatic carbocycles. The van der Waals surface area contributed by atoms with Crippen LogP contribution in [-0.4, -0.2) is 4.57 Å². The number of benzene rings is 2. The van der Waals surface area contributed by atoms with Crippen molar-refractivity contribution in [1.82, 2.24) is 4.57 Å². The van der Waals surface area contributed by atoms with E-state index >= 15 is 0 Å². The predicted octanol–water partition coefficient (Wildman–Crippen LogP) is 4.58. The first-order chi connectivity index (χ1) is 9.74. The Kier molecular flexibility index (Phi) is 3.67. The Labute approximate surface area is 127 Å². The molecule has 0 fully saturated rings. The van der Waals surface area contributed by atoms with Crippen LogP contribution in [0.3, 0.4) is 0 Å². The molecule has 0 atom stereocenters. The number of aromatic nitrogens is 1. The summed E-state index contributed by atoms with van der Waals surface area (Å²) in [5, 5.41) is 2.12. The summed E-state index contributed by atoms with van der Waals surface area (Å²) in [6, 6.07) is 18.3. The maximum absolute atomic E-state index is 5.73. The van der Waals surface area contributed by atoms with E-state index in [9.17, 15) is 0 Å². The monoisotopic (exact) mass is 298 g/mol. The molecule has 100 valence electrons. The maximum atomic E-state index is 5.73. The van der Waals surface area contributed by atoms with Gasteiger partial charge in [-0.25, -0.2) is 0 Å². The van der Waals surface area contributed by atoms with E-state index in [1.54, 1.807) is 11.3 Å². The van der Waals surface area contributed by atoms with Gasteiger partial charge in [0.15, 0.2) is 3.95 Å². The maximum Gasteiger partial charge on any atom is 0.161 e. The molecule has 0 aliphatic carbocycles. The van der Waals surface area contributed by atoms with E-state index in [0.29, 0.717) is 0 Å². The van der Waals surface area contributed by atoms with Crippen molar-refractivity contribution < 1.29 is 0 Å². The average Bonchev–Trinajstić information content (AvgIpc) is 2.84. The number of nitrogens with zero attached hydrogens (tertiary/aromatic N) is 1. The number of hydrogen-bond acceptors (Lipinski definition) is 3. The van der Waals surface area contributed by atoms with E-state index in [0.717, 1.165) is 21.9 Å². The quantitative estimate of drug-likeness (QED) is 0.567. The summed E-state index contributed by atoms with van der Waals surface area (Å²) < 4.78 is 3.06. The van der Waals surface area contributed by atoms with Gasteiger partial charge in [0.2, 0.25) is 0 Å². The fourth-order valence-corrected chi connectivity index (χ4v) is 3.19. The van der Waals surface area contributed by atoms with E-state index < -0.39 is 0 Å². The molecule has 0 unspecified atom stereocenters. The Hall–Kier alpha value is -1.91. The molecule has 0 aliphatic heterocycles. The first kappa shape index (κ1) is 13.1. The summed E-state index contributed by atoms with van der Waals surface area (Å²) in [5.74, 6) is 0. The van der Waals surface area contributed by atoms with Gasteiger partial charge in [0.25, 0.3) is 0 Å². The van der Waals surface area contributed by atoms with Crippen LogP contribution < -0.4 is 5.73 Å². The van der Waals surface area contributed by atoms with E-state index in [1.165, 1.54) is 11.1 Å². The van der Waals surface area contributed by atoms with Crippen molar-refractivity contribution >= 4 is 29.2 Å². The highest BCUT2D eigenvalue weighted by Gasteiger charge is 2.07. The number of anilines is 1. The molecule has 0 spiro atoms. The molecule has 0 saturated carbocycles. The lowest BCUT2D eigenvalue weighted by Crippen LogP contribution is -2.01. The van der Waals surface area contributed by atoms with Crippen LogP contribution in [0, 0.1) is 3.95 Å². The Morgan fingerprint density at radius 1 is 1.00 bits per heavy atom. The summed E-state index contributed by atoms with van der Waals surface area (Å²) in [6.07, 6.45) is 0. The van der Waals surface area contributed by atoms with Crippen molar-refractivity contribution in [2.45, 2.75) is 6.54 Å². The van der Waals surface area contributed by atoms with Crippen LogP contribution in [0.1, 0.15) is 5.56 Å². The Morgan fingerprint density at radius 3 is 2.40 bits per heavy atom. The van der Waals surface area contributed by atoms with Crippen molar-refractivity contribution in [3.63, 3.8) is 0 Å². The minimum Gasteiger partial charge on any atom is -0.399 e. The van der Waals surface area contributed by atoms with Gasteiger partial charge in [-0.2, -0.15) is 0 Å². The molecule has 1 heterocycles. The fraction of sp³-hybridized carbons (Fsp3) is 0.0625. The molecular weight excluding hydrogens is 284 g/mol. The summed E-state index contributed by atoms with van der Waals surface area (Å²) in [7, 11) is 0. The van der Waals surface area contributed by atoms with Crippen LogP contribution in [-0.2, 0) is 6.54 Å². The van der Waals surface area contributed by atoms with Crippen LogP contribution in [0.15, 0.2) is 60.0 Å². The first-order valence-electron chi connectivity index (χ1n) is 6.32. The summed E-state index contributed by atoms with van der Waals surface area (Å²) in [6.45, 7) is 0.771. The lowest BCUT2D eigenvalue weighted by atomic mass is 10.1. The van der Waals surface area contributed by atoms with Gasteiger partial charge in [-0.3, -0.25) is 0 Å². The van der Waals surface area contributed by atoms with Crippen molar-refractivity contribution in [2.24, 2.45) is 0 Å². The molecule has 0 saturated heterocycles. The third-order valence-corrected chi connectivity index (χ3v) is 4.44. The zero-order valence-corrected chi connectivity index (χ0v) is 12.5. The van der Waals surface area contributed by atoms with Crippen molar-refractivity contribution in [3.05, 3.63) is 69.5 Å². The standard InChI is InChI=1S/C16H14N2S2/c17-14-8-6-12(7-9-14)10-18-15(11-20-16(18)19)13-4-2-1-3-5-13/h1-9,11H,10,17H2. The summed E-state index contributed by atoms with van der Waals surface area (Å²) >= 11 is 7.06. The normalized spacial score (nSPS) is 10.6.